The number of aromatic nitrogens is 4. The lowest BCUT2D eigenvalue weighted by atomic mass is 9.93. The van der Waals surface area contributed by atoms with Crippen molar-refractivity contribution in [3.05, 3.63) is 36.2 Å². The number of imidazole rings is 1. The summed E-state index contributed by atoms with van der Waals surface area (Å²) >= 11 is 0. The normalized spacial score (nSPS) is 23.5. The molecule has 1 aliphatic carbocycles. The van der Waals surface area contributed by atoms with E-state index in [1.165, 1.54) is 11.0 Å². The van der Waals surface area contributed by atoms with Gasteiger partial charge in [-0.2, -0.15) is 9.97 Å². The third kappa shape index (κ3) is 7.16. The number of nitrogens with one attached hydrogen (secondary N) is 1. The molecule has 3 aliphatic rings. The molecule has 2 saturated heterocycles. The van der Waals surface area contributed by atoms with Crippen molar-refractivity contribution >= 4 is 22.8 Å². The summed E-state index contributed by atoms with van der Waals surface area (Å²) < 4.78 is 52.8. The largest absolute Gasteiger partial charge is 0.378 e. The highest BCUT2D eigenvalue weighted by Gasteiger charge is 2.26. The Morgan fingerprint density at radius 3 is 2.52 bits per heavy atom. The summed E-state index contributed by atoms with van der Waals surface area (Å²) in [6, 6.07) is 9.09. The van der Waals surface area contributed by atoms with Crippen LogP contribution in [0.2, 0.25) is 0 Å². The standard InChI is InChI=1S/C30H40F2N6O4/c31-28(32)29-34-23-6-1-2-7-24(23)38(29)26-20-25(35-30(36-26)37-13-18-39-19-14-37)33-21-9-11-22(12-10-21)40-16-5-17-42-27-8-3-4-15-41-27/h1-2,6-7,20-22,27-28H,3-5,8-19H2,(H,33,35,36). The molecule has 0 amide bonds. The number of anilines is 2. The number of nitrogens with zero attached hydrogens (tertiary/aromatic N) is 5. The summed E-state index contributed by atoms with van der Waals surface area (Å²) in [4.78, 5) is 15.8. The van der Waals surface area contributed by atoms with E-state index in [0.29, 0.717) is 68.1 Å². The van der Waals surface area contributed by atoms with Gasteiger partial charge in [0.05, 0.1) is 37.0 Å². The minimum absolute atomic E-state index is 0.0548. The molecule has 3 fully saturated rings. The van der Waals surface area contributed by atoms with E-state index in [1.807, 2.05) is 11.0 Å². The van der Waals surface area contributed by atoms with Crippen molar-refractivity contribution in [2.45, 2.75) is 76.2 Å². The zero-order valence-corrected chi connectivity index (χ0v) is 23.9. The SMILES string of the molecule is FC(F)c1nc2ccccc2n1-c1cc(NC2CCC(OCCCOC3CCCCO3)CC2)nc(N2CCOCC2)n1. The maximum Gasteiger partial charge on any atom is 0.296 e. The van der Waals surface area contributed by atoms with E-state index in [-0.39, 0.29) is 24.3 Å². The average molecular weight is 587 g/mol. The van der Waals surface area contributed by atoms with Crippen molar-refractivity contribution in [3.63, 3.8) is 0 Å². The van der Waals surface area contributed by atoms with Crippen molar-refractivity contribution in [1.82, 2.24) is 19.5 Å². The quantitative estimate of drug-likeness (QED) is 0.302. The van der Waals surface area contributed by atoms with Crippen LogP contribution < -0.4 is 10.2 Å². The molecule has 2 aromatic heterocycles. The van der Waals surface area contributed by atoms with Crippen LogP contribution in [0.4, 0.5) is 20.5 Å². The molecular formula is C30H40F2N6O4. The maximum atomic E-state index is 14.1. The van der Waals surface area contributed by atoms with Gasteiger partial charge in [-0.15, -0.1) is 0 Å². The molecule has 1 atom stereocenters. The van der Waals surface area contributed by atoms with Crippen molar-refractivity contribution in [3.8, 4) is 5.82 Å². The van der Waals surface area contributed by atoms with E-state index in [0.717, 1.165) is 51.6 Å². The average Bonchev–Trinajstić information content (AvgIpc) is 3.43. The third-order valence-electron chi connectivity index (χ3n) is 8.12. The molecule has 0 spiro atoms. The minimum Gasteiger partial charge on any atom is -0.378 e. The summed E-state index contributed by atoms with van der Waals surface area (Å²) in [5.41, 5.74) is 1.08. The number of halogens is 2. The van der Waals surface area contributed by atoms with Crippen LogP contribution in [-0.4, -0.2) is 84.1 Å². The zero-order valence-electron chi connectivity index (χ0n) is 23.9. The molecule has 0 bridgehead atoms. The molecule has 3 aromatic rings. The number of alkyl halides is 2. The fraction of sp³-hybridized carbons (Fsp3) is 0.633. The lowest BCUT2D eigenvalue weighted by Gasteiger charge is -2.31. The Kier molecular flexibility index (Phi) is 9.74. The maximum absolute atomic E-state index is 14.1. The molecule has 6 rings (SSSR count). The highest BCUT2D eigenvalue weighted by molar-refractivity contribution is 5.78. The third-order valence-corrected chi connectivity index (χ3v) is 8.12. The first-order chi connectivity index (χ1) is 20.6. The molecule has 12 heteroatoms. The van der Waals surface area contributed by atoms with Gasteiger partial charge in [0.25, 0.3) is 6.43 Å². The van der Waals surface area contributed by atoms with Crippen LogP contribution in [0.5, 0.6) is 0 Å². The first-order valence-electron chi connectivity index (χ1n) is 15.2. The van der Waals surface area contributed by atoms with Crippen molar-refractivity contribution in [2.24, 2.45) is 0 Å². The Bertz CT molecular complexity index is 1290. The molecule has 0 radical (unpaired) electrons. The Labute approximate surface area is 244 Å². The molecule has 1 saturated carbocycles. The molecule has 4 heterocycles. The lowest BCUT2D eigenvalue weighted by molar-refractivity contribution is -0.164. The highest BCUT2D eigenvalue weighted by atomic mass is 19.3. The number of hydrogen-bond acceptors (Lipinski definition) is 9. The topological polar surface area (TPSA) is 95.8 Å². The molecular weight excluding hydrogens is 546 g/mol. The van der Waals surface area contributed by atoms with E-state index < -0.39 is 6.43 Å². The van der Waals surface area contributed by atoms with Crippen LogP contribution in [0.1, 0.15) is 63.6 Å². The zero-order chi connectivity index (χ0) is 28.7. The fourth-order valence-electron chi connectivity index (χ4n) is 5.90. The summed E-state index contributed by atoms with van der Waals surface area (Å²) in [5, 5.41) is 3.57. The van der Waals surface area contributed by atoms with Crippen LogP contribution in [0.25, 0.3) is 16.9 Å². The van der Waals surface area contributed by atoms with E-state index in [4.69, 9.17) is 28.9 Å². The number of rotatable bonds is 11. The van der Waals surface area contributed by atoms with Gasteiger partial charge in [0.2, 0.25) is 5.95 Å². The fourth-order valence-corrected chi connectivity index (χ4v) is 5.90. The second-order valence-electron chi connectivity index (χ2n) is 11.1. The second-order valence-corrected chi connectivity index (χ2v) is 11.1. The molecule has 42 heavy (non-hydrogen) atoms. The van der Waals surface area contributed by atoms with Gasteiger partial charge in [0, 0.05) is 38.4 Å². The van der Waals surface area contributed by atoms with E-state index in [2.05, 4.69) is 10.3 Å². The van der Waals surface area contributed by atoms with Crippen LogP contribution >= 0.6 is 0 Å². The minimum atomic E-state index is -2.75. The van der Waals surface area contributed by atoms with Gasteiger partial charge in [0.1, 0.15) is 11.6 Å². The van der Waals surface area contributed by atoms with Gasteiger partial charge >= 0.3 is 0 Å². The van der Waals surface area contributed by atoms with Gasteiger partial charge < -0.3 is 29.2 Å². The number of fused-ring (bicyclic) bond motifs is 1. The molecule has 10 nitrogen and oxygen atoms in total. The predicted molar refractivity (Wildman–Crippen MR) is 154 cm³/mol. The van der Waals surface area contributed by atoms with Crippen molar-refractivity contribution < 1.29 is 27.7 Å². The Balaban J connectivity index is 1.11. The van der Waals surface area contributed by atoms with E-state index in [9.17, 15) is 8.78 Å². The summed E-state index contributed by atoms with van der Waals surface area (Å²) in [7, 11) is 0. The number of para-hydroxylation sites is 2. The summed E-state index contributed by atoms with van der Waals surface area (Å²) in [5.74, 6) is 1.15. The van der Waals surface area contributed by atoms with Gasteiger partial charge in [0.15, 0.2) is 12.1 Å². The van der Waals surface area contributed by atoms with E-state index >= 15 is 0 Å². The Hall–Kier alpha value is -2.93. The molecule has 228 valence electrons. The molecule has 1 N–H and O–H groups in total. The van der Waals surface area contributed by atoms with Crippen molar-refractivity contribution in [2.75, 3.05) is 56.3 Å². The van der Waals surface area contributed by atoms with Crippen LogP contribution in [0.15, 0.2) is 30.3 Å². The predicted octanol–water partition coefficient (Wildman–Crippen LogP) is 5.26. The smallest absolute Gasteiger partial charge is 0.296 e. The summed E-state index contributed by atoms with van der Waals surface area (Å²) in [6.45, 7) is 4.53. The van der Waals surface area contributed by atoms with Gasteiger partial charge in [-0.3, -0.25) is 4.57 Å². The Morgan fingerprint density at radius 2 is 1.74 bits per heavy atom. The Morgan fingerprint density at radius 1 is 0.929 bits per heavy atom. The van der Waals surface area contributed by atoms with Crippen LogP contribution in [-0.2, 0) is 18.9 Å². The number of benzene rings is 1. The van der Waals surface area contributed by atoms with Crippen LogP contribution in [0.3, 0.4) is 0 Å². The molecule has 1 unspecified atom stereocenters. The van der Waals surface area contributed by atoms with E-state index in [1.54, 1.807) is 24.3 Å². The monoisotopic (exact) mass is 586 g/mol. The van der Waals surface area contributed by atoms with Gasteiger partial charge in [-0.25, -0.2) is 13.8 Å². The lowest BCUT2D eigenvalue weighted by Crippen LogP contribution is -2.38. The first kappa shape index (κ1) is 29.2. The van der Waals surface area contributed by atoms with Gasteiger partial charge in [-0.05, 0) is 63.5 Å². The summed E-state index contributed by atoms with van der Waals surface area (Å²) in [6.07, 6.45) is 5.29. The second kappa shape index (κ2) is 14.0. The van der Waals surface area contributed by atoms with Crippen LogP contribution in [0, 0.1) is 0 Å². The highest BCUT2D eigenvalue weighted by Crippen LogP contribution is 2.30. The molecule has 2 aliphatic heterocycles. The number of morpholine rings is 1. The van der Waals surface area contributed by atoms with Crippen molar-refractivity contribution in [1.29, 1.82) is 0 Å². The number of hydrogen-bond donors (Lipinski definition) is 1. The molecule has 1 aromatic carbocycles. The number of ether oxygens (including phenoxy) is 4. The van der Waals surface area contributed by atoms with Gasteiger partial charge in [-0.1, -0.05) is 12.1 Å². The first-order valence-corrected chi connectivity index (χ1v) is 15.2.